The van der Waals surface area contributed by atoms with Crippen molar-refractivity contribution in [2.75, 3.05) is 0 Å². The molecule has 2 rings (SSSR count). The number of alkyl halides is 1. The summed E-state index contributed by atoms with van der Waals surface area (Å²) in [6.45, 7) is 8.16. The van der Waals surface area contributed by atoms with E-state index in [-0.39, 0.29) is 17.2 Å². The zero-order valence-electron chi connectivity index (χ0n) is 18.2. The van der Waals surface area contributed by atoms with Gasteiger partial charge in [0.05, 0.1) is 17.2 Å². The van der Waals surface area contributed by atoms with Gasteiger partial charge in [0, 0.05) is 15.1 Å². The number of aldehydes is 2. The van der Waals surface area contributed by atoms with Crippen molar-refractivity contribution in [2.24, 2.45) is 0 Å². The lowest BCUT2D eigenvalue weighted by atomic mass is 10.1. The molecule has 6 nitrogen and oxygen atoms in total. The summed E-state index contributed by atoms with van der Waals surface area (Å²) in [5, 5.41) is 8.54. The SMILES string of the molecule is CCC(C)I.CCC(C)OC(=O)c1ccccc1C=O.O=Cc1ccccc1C(=O)O. The van der Waals surface area contributed by atoms with E-state index in [4.69, 9.17) is 9.84 Å². The number of ether oxygens (including phenoxy) is 1. The molecule has 0 spiro atoms. The Morgan fingerprint density at radius 2 is 1.32 bits per heavy atom. The fraction of sp³-hybridized carbons (Fsp3) is 0.333. The third kappa shape index (κ3) is 11.4. The number of carbonyl (C=O) groups excluding carboxylic acids is 3. The fourth-order valence-corrected chi connectivity index (χ4v) is 1.91. The lowest BCUT2D eigenvalue weighted by molar-refractivity contribution is 0.0332. The zero-order valence-corrected chi connectivity index (χ0v) is 20.4. The summed E-state index contributed by atoms with van der Waals surface area (Å²) in [5.74, 6) is -1.51. The number of benzene rings is 2. The number of hydrogen-bond donors (Lipinski definition) is 1. The average molecular weight is 540 g/mol. The van der Waals surface area contributed by atoms with E-state index in [0.29, 0.717) is 23.7 Å². The van der Waals surface area contributed by atoms with Crippen molar-refractivity contribution in [3.05, 3.63) is 70.8 Å². The van der Waals surface area contributed by atoms with Crippen LogP contribution in [0.4, 0.5) is 0 Å². The highest BCUT2D eigenvalue weighted by atomic mass is 127. The topological polar surface area (TPSA) is 97.7 Å². The van der Waals surface area contributed by atoms with Gasteiger partial charge in [-0.1, -0.05) is 79.8 Å². The summed E-state index contributed by atoms with van der Waals surface area (Å²) >= 11 is 2.41. The number of carbonyl (C=O) groups is 4. The summed E-state index contributed by atoms with van der Waals surface area (Å²) in [6.07, 6.45) is 3.11. The number of rotatable bonds is 7. The first kappa shape index (κ1) is 28.5. The van der Waals surface area contributed by atoms with E-state index in [0.717, 1.165) is 10.3 Å². The van der Waals surface area contributed by atoms with Crippen molar-refractivity contribution in [3.8, 4) is 0 Å². The Balaban J connectivity index is 0.000000492. The second-order valence-electron chi connectivity index (χ2n) is 6.53. The van der Waals surface area contributed by atoms with Gasteiger partial charge in [0.1, 0.15) is 0 Å². The van der Waals surface area contributed by atoms with Crippen LogP contribution in [0.5, 0.6) is 0 Å². The predicted octanol–water partition coefficient (Wildman–Crippen LogP) is 5.87. The van der Waals surface area contributed by atoms with Gasteiger partial charge in [-0.25, -0.2) is 9.59 Å². The van der Waals surface area contributed by atoms with Crippen molar-refractivity contribution in [2.45, 2.75) is 50.6 Å². The zero-order chi connectivity index (χ0) is 23.8. The molecule has 0 bridgehead atoms. The molecule has 0 saturated heterocycles. The van der Waals surface area contributed by atoms with Gasteiger partial charge in [0.15, 0.2) is 12.6 Å². The van der Waals surface area contributed by atoms with Crippen molar-refractivity contribution >= 4 is 47.1 Å². The largest absolute Gasteiger partial charge is 0.478 e. The van der Waals surface area contributed by atoms with Crippen LogP contribution in [0.3, 0.4) is 0 Å². The van der Waals surface area contributed by atoms with E-state index >= 15 is 0 Å². The second kappa shape index (κ2) is 16.2. The van der Waals surface area contributed by atoms with Crippen LogP contribution in [0.25, 0.3) is 0 Å². The van der Waals surface area contributed by atoms with Crippen LogP contribution >= 0.6 is 22.6 Å². The van der Waals surface area contributed by atoms with Crippen LogP contribution in [0.2, 0.25) is 0 Å². The molecule has 0 saturated carbocycles. The maximum atomic E-state index is 11.6. The van der Waals surface area contributed by atoms with Gasteiger partial charge in [-0.05, 0) is 31.9 Å². The van der Waals surface area contributed by atoms with Crippen LogP contribution in [-0.4, -0.2) is 39.6 Å². The van der Waals surface area contributed by atoms with Crippen molar-refractivity contribution in [1.29, 1.82) is 0 Å². The van der Waals surface area contributed by atoms with Gasteiger partial charge < -0.3 is 9.84 Å². The summed E-state index contributed by atoms with van der Waals surface area (Å²) in [6, 6.07) is 12.7. The molecule has 0 radical (unpaired) electrons. The molecule has 2 aromatic carbocycles. The number of halogens is 1. The molecule has 0 amide bonds. The first-order valence-corrected chi connectivity index (χ1v) is 11.1. The van der Waals surface area contributed by atoms with Gasteiger partial charge in [0.25, 0.3) is 0 Å². The van der Waals surface area contributed by atoms with Gasteiger partial charge >= 0.3 is 11.9 Å². The molecule has 7 heteroatoms. The molecule has 0 heterocycles. The van der Waals surface area contributed by atoms with Crippen molar-refractivity contribution < 1.29 is 29.0 Å². The molecule has 0 aliphatic heterocycles. The first-order chi connectivity index (χ1) is 14.7. The average Bonchev–Trinajstić information content (AvgIpc) is 2.79. The standard InChI is InChI=1S/C12H14O3.C8H6O3.C4H9I/c1-3-9(2)15-12(14)11-7-5-4-6-10(11)8-13;9-5-6-3-1-2-4-7(6)8(10)11;1-3-4(2)5/h4-9H,3H2,1-2H3;1-5H,(H,10,11);4H,3H2,1-2H3. The number of aromatic carboxylic acids is 1. The normalized spacial score (nSPS) is 11.4. The highest BCUT2D eigenvalue weighted by molar-refractivity contribution is 14.1. The molecule has 0 aromatic heterocycles. The maximum absolute atomic E-state index is 11.6. The maximum Gasteiger partial charge on any atom is 0.339 e. The van der Waals surface area contributed by atoms with Crippen LogP contribution in [0, 0.1) is 0 Å². The van der Waals surface area contributed by atoms with Crippen molar-refractivity contribution in [3.63, 3.8) is 0 Å². The molecule has 0 fully saturated rings. The molecular formula is C24H29IO6. The predicted molar refractivity (Wildman–Crippen MR) is 130 cm³/mol. The molecule has 2 atom stereocenters. The van der Waals surface area contributed by atoms with Crippen LogP contribution in [-0.2, 0) is 4.74 Å². The summed E-state index contributed by atoms with van der Waals surface area (Å²) in [4.78, 5) is 43.0. The quantitative estimate of drug-likeness (QED) is 0.204. The Hall–Kier alpha value is -2.55. The van der Waals surface area contributed by atoms with E-state index < -0.39 is 11.9 Å². The first-order valence-electron chi connectivity index (χ1n) is 9.88. The van der Waals surface area contributed by atoms with Crippen molar-refractivity contribution in [1.82, 2.24) is 0 Å². The van der Waals surface area contributed by atoms with Gasteiger partial charge in [-0.3, -0.25) is 9.59 Å². The number of hydrogen-bond acceptors (Lipinski definition) is 5. The number of carboxylic acids is 1. The van der Waals surface area contributed by atoms with E-state index in [1.165, 1.54) is 18.6 Å². The Bertz CT molecular complexity index is 847. The highest BCUT2D eigenvalue weighted by Gasteiger charge is 2.13. The van der Waals surface area contributed by atoms with E-state index in [1.54, 1.807) is 36.4 Å². The molecular weight excluding hydrogens is 511 g/mol. The lowest BCUT2D eigenvalue weighted by Crippen LogP contribution is -2.15. The van der Waals surface area contributed by atoms with E-state index in [9.17, 15) is 19.2 Å². The molecule has 2 aromatic rings. The second-order valence-corrected chi connectivity index (χ2v) is 8.65. The van der Waals surface area contributed by atoms with Crippen LogP contribution < -0.4 is 0 Å². The molecule has 2 unspecified atom stereocenters. The Morgan fingerprint density at radius 1 is 0.903 bits per heavy atom. The Morgan fingerprint density at radius 3 is 1.68 bits per heavy atom. The monoisotopic (exact) mass is 540 g/mol. The molecule has 0 aliphatic carbocycles. The Kier molecular flexibility index (Phi) is 14.9. The fourth-order valence-electron chi connectivity index (χ4n) is 1.91. The molecule has 31 heavy (non-hydrogen) atoms. The molecule has 0 aliphatic rings. The van der Waals surface area contributed by atoms with E-state index in [2.05, 4.69) is 36.4 Å². The third-order valence-corrected chi connectivity index (χ3v) is 4.95. The minimum Gasteiger partial charge on any atom is -0.478 e. The molecule has 168 valence electrons. The number of esters is 1. The van der Waals surface area contributed by atoms with Gasteiger partial charge in [0.2, 0.25) is 0 Å². The van der Waals surface area contributed by atoms with Gasteiger partial charge in [-0.2, -0.15) is 0 Å². The van der Waals surface area contributed by atoms with Crippen LogP contribution in [0.1, 0.15) is 82.0 Å². The summed E-state index contributed by atoms with van der Waals surface area (Å²) in [7, 11) is 0. The third-order valence-electron chi connectivity index (χ3n) is 4.07. The highest BCUT2D eigenvalue weighted by Crippen LogP contribution is 2.10. The Labute approximate surface area is 197 Å². The van der Waals surface area contributed by atoms with E-state index in [1.807, 2.05) is 13.8 Å². The number of carboxylic acid groups (broad SMARTS) is 1. The summed E-state index contributed by atoms with van der Waals surface area (Å²) < 4.78 is 5.98. The molecule has 1 N–H and O–H groups in total. The minimum absolute atomic E-state index is 0.0440. The van der Waals surface area contributed by atoms with Gasteiger partial charge in [-0.15, -0.1) is 0 Å². The van der Waals surface area contributed by atoms with Crippen LogP contribution in [0.15, 0.2) is 48.5 Å². The smallest absolute Gasteiger partial charge is 0.339 e. The summed E-state index contributed by atoms with van der Waals surface area (Å²) in [5.41, 5.74) is 0.945. The minimum atomic E-state index is -1.08. The lowest BCUT2D eigenvalue weighted by Gasteiger charge is -2.11.